The second-order valence-corrected chi connectivity index (χ2v) is 8.45. The molecule has 0 aliphatic rings. The fourth-order valence-corrected chi connectivity index (χ4v) is 3.49. The Morgan fingerprint density at radius 1 is 1.09 bits per heavy atom. The van der Waals surface area contributed by atoms with Gasteiger partial charge in [-0.25, -0.2) is 0 Å². The Labute approximate surface area is 206 Å². The maximum atomic E-state index is 12.6. The monoisotopic (exact) mass is 524 g/mol. The molecule has 3 rings (SSSR count). The van der Waals surface area contributed by atoms with Gasteiger partial charge in [0.05, 0.1) is 6.61 Å². The van der Waals surface area contributed by atoms with Crippen molar-refractivity contribution >= 4 is 45.2 Å². The number of benzene rings is 3. The zero-order valence-corrected chi connectivity index (χ0v) is 20.5. The molecule has 0 spiro atoms. The van der Waals surface area contributed by atoms with Gasteiger partial charge in [-0.2, -0.15) is 5.26 Å². The van der Waals surface area contributed by atoms with E-state index in [1.54, 1.807) is 36.4 Å². The van der Waals surface area contributed by atoms with Gasteiger partial charge in [0.2, 0.25) is 0 Å². The molecule has 3 aromatic rings. The summed E-state index contributed by atoms with van der Waals surface area (Å²) < 4.78 is 12.4. The predicted molar refractivity (Wildman–Crippen MR) is 134 cm³/mol. The van der Waals surface area contributed by atoms with Gasteiger partial charge in [-0.3, -0.25) is 4.79 Å². The van der Waals surface area contributed by atoms with Crippen LogP contribution in [-0.2, 0) is 11.4 Å². The molecule has 3 aromatic carbocycles. The second-order valence-electron chi connectivity index (χ2n) is 7.16. The van der Waals surface area contributed by atoms with Gasteiger partial charge in [0, 0.05) is 15.2 Å². The summed E-state index contributed by atoms with van der Waals surface area (Å²) in [4.78, 5) is 12.6. The second kappa shape index (κ2) is 11.6. The molecule has 1 N–H and O–H groups in total. The lowest BCUT2D eigenvalue weighted by Crippen LogP contribution is -2.13. The maximum absolute atomic E-state index is 12.6. The van der Waals surface area contributed by atoms with E-state index in [2.05, 4.69) is 21.2 Å². The Kier molecular flexibility index (Phi) is 8.53. The summed E-state index contributed by atoms with van der Waals surface area (Å²) in [5.41, 5.74) is 3.32. The number of amides is 1. The molecule has 0 fully saturated rings. The molecule has 0 aromatic heterocycles. The molecule has 0 radical (unpaired) electrons. The molecule has 0 unspecified atom stereocenters. The lowest BCUT2D eigenvalue weighted by Gasteiger charge is -2.14. The largest absolute Gasteiger partial charge is 0.490 e. The third-order valence-corrected chi connectivity index (χ3v) is 5.58. The average Bonchev–Trinajstić information content (AvgIpc) is 2.80. The minimum absolute atomic E-state index is 0.0542. The molecule has 0 aliphatic carbocycles. The average molecular weight is 526 g/mol. The highest BCUT2D eigenvalue weighted by Gasteiger charge is 2.14. The third kappa shape index (κ3) is 6.85. The van der Waals surface area contributed by atoms with Crippen LogP contribution in [0.25, 0.3) is 6.08 Å². The summed E-state index contributed by atoms with van der Waals surface area (Å²) in [7, 11) is 0. The van der Waals surface area contributed by atoms with Gasteiger partial charge in [-0.15, -0.1) is 0 Å². The molecule has 0 atom stereocenters. The Bertz CT molecular complexity index is 1200. The van der Waals surface area contributed by atoms with E-state index in [9.17, 15) is 10.1 Å². The van der Waals surface area contributed by atoms with Gasteiger partial charge in [0.15, 0.2) is 11.5 Å². The predicted octanol–water partition coefficient (Wildman–Crippen LogP) is 6.93. The van der Waals surface area contributed by atoms with E-state index in [4.69, 9.17) is 21.1 Å². The van der Waals surface area contributed by atoms with Gasteiger partial charge < -0.3 is 14.8 Å². The maximum Gasteiger partial charge on any atom is 0.266 e. The number of halogens is 2. The van der Waals surface area contributed by atoms with Gasteiger partial charge >= 0.3 is 0 Å². The van der Waals surface area contributed by atoms with Crippen molar-refractivity contribution in [3.63, 3.8) is 0 Å². The molecule has 0 saturated carbocycles. The van der Waals surface area contributed by atoms with Gasteiger partial charge in [0.1, 0.15) is 18.2 Å². The first kappa shape index (κ1) is 24.4. The number of anilines is 1. The number of ether oxygens (including phenoxy) is 2. The first-order valence-corrected chi connectivity index (χ1v) is 11.4. The minimum atomic E-state index is -0.524. The number of nitrogens with zero attached hydrogens (tertiary/aromatic N) is 1. The van der Waals surface area contributed by atoms with Crippen molar-refractivity contribution in [3.05, 3.63) is 92.4 Å². The first-order chi connectivity index (χ1) is 15.9. The lowest BCUT2D eigenvalue weighted by atomic mass is 10.1. The molecule has 168 valence electrons. The van der Waals surface area contributed by atoms with Crippen molar-refractivity contribution in [1.29, 1.82) is 5.26 Å². The molecule has 7 heteroatoms. The van der Waals surface area contributed by atoms with Crippen molar-refractivity contribution in [1.82, 2.24) is 0 Å². The number of hydrogen-bond donors (Lipinski definition) is 1. The van der Waals surface area contributed by atoms with Crippen LogP contribution in [0.15, 0.2) is 70.7 Å². The van der Waals surface area contributed by atoms with Crippen molar-refractivity contribution in [2.75, 3.05) is 11.9 Å². The molecular formula is C26H22BrClN2O3. The van der Waals surface area contributed by atoms with Crippen LogP contribution in [0.5, 0.6) is 11.5 Å². The van der Waals surface area contributed by atoms with E-state index in [-0.39, 0.29) is 5.57 Å². The normalized spacial score (nSPS) is 10.9. The fraction of sp³-hybridized carbons (Fsp3) is 0.154. The summed E-state index contributed by atoms with van der Waals surface area (Å²) in [5, 5.41) is 12.8. The summed E-state index contributed by atoms with van der Waals surface area (Å²) in [5.74, 6) is 0.560. The number of carbonyl (C=O) groups is 1. The molecule has 0 aliphatic heterocycles. The van der Waals surface area contributed by atoms with Gasteiger partial charge in [-0.1, -0.05) is 57.4 Å². The number of rotatable bonds is 8. The van der Waals surface area contributed by atoms with E-state index >= 15 is 0 Å². The lowest BCUT2D eigenvalue weighted by molar-refractivity contribution is -0.112. The first-order valence-electron chi connectivity index (χ1n) is 10.2. The van der Waals surface area contributed by atoms with Gasteiger partial charge in [-0.05, 0) is 67.4 Å². The number of aryl methyl sites for hydroxylation is 1. The van der Waals surface area contributed by atoms with Crippen molar-refractivity contribution in [2.45, 2.75) is 20.5 Å². The highest BCUT2D eigenvalue weighted by atomic mass is 79.9. The summed E-state index contributed by atoms with van der Waals surface area (Å²) in [6.45, 7) is 4.73. The van der Waals surface area contributed by atoms with Crippen LogP contribution in [0.3, 0.4) is 0 Å². The Balaban J connectivity index is 1.83. The Morgan fingerprint density at radius 3 is 2.39 bits per heavy atom. The van der Waals surface area contributed by atoms with Crippen molar-refractivity contribution in [3.8, 4) is 17.6 Å². The molecule has 1 amide bonds. The van der Waals surface area contributed by atoms with Crippen LogP contribution in [0.2, 0.25) is 5.02 Å². The van der Waals surface area contributed by atoms with E-state index in [0.717, 1.165) is 5.56 Å². The quantitative estimate of drug-likeness (QED) is 0.256. The van der Waals surface area contributed by atoms with E-state index in [0.29, 0.717) is 45.5 Å². The molecule has 0 heterocycles. The van der Waals surface area contributed by atoms with E-state index in [1.165, 1.54) is 11.6 Å². The number of nitrogens with one attached hydrogen (secondary N) is 1. The third-order valence-electron chi connectivity index (χ3n) is 4.64. The fourth-order valence-electron chi connectivity index (χ4n) is 2.92. The number of nitriles is 1. The van der Waals surface area contributed by atoms with Crippen LogP contribution in [0.1, 0.15) is 23.6 Å². The molecule has 0 saturated heterocycles. The molecule has 5 nitrogen and oxygen atoms in total. The smallest absolute Gasteiger partial charge is 0.266 e. The van der Waals surface area contributed by atoms with Crippen LogP contribution < -0.4 is 14.8 Å². The standard InChI is InChI=1S/C26H22BrClN2O3/c1-3-32-24-13-19(12-20(15-29)26(31)30-22-10-8-21(28)9-11-22)23(27)14-25(24)33-16-18-6-4-17(2)5-7-18/h4-14H,3,16H2,1-2H3,(H,30,31)/b20-12+. The summed E-state index contributed by atoms with van der Waals surface area (Å²) >= 11 is 9.39. The van der Waals surface area contributed by atoms with Crippen LogP contribution in [0, 0.1) is 18.3 Å². The molecule has 33 heavy (non-hydrogen) atoms. The highest BCUT2D eigenvalue weighted by Crippen LogP contribution is 2.35. The zero-order chi connectivity index (χ0) is 23.8. The van der Waals surface area contributed by atoms with Gasteiger partial charge in [0.25, 0.3) is 5.91 Å². The summed E-state index contributed by atoms with van der Waals surface area (Å²) in [6, 6.07) is 20.2. The van der Waals surface area contributed by atoms with E-state index in [1.807, 2.05) is 44.2 Å². The van der Waals surface area contributed by atoms with Crippen LogP contribution in [-0.4, -0.2) is 12.5 Å². The number of hydrogen-bond acceptors (Lipinski definition) is 4. The SMILES string of the molecule is CCOc1cc(/C=C(\C#N)C(=O)Nc2ccc(Cl)cc2)c(Br)cc1OCc1ccc(C)cc1. The Hall–Kier alpha value is -3.27. The van der Waals surface area contributed by atoms with Crippen LogP contribution in [0.4, 0.5) is 5.69 Å². The highest BCUT2D eigenvalue weighted by molar-refractivity contribution is 9.10. The minimum Gasteiger partial charge on any atom is -0.490 e. The summed E-state index contributed by atoms with van der Waals surface area (Å²) in [6.07, 6.45) is 1.50. The molecular weight excluding hydrogens is 504 g/mol. The Morgan fingerprint density at radius 2 is 1.76 bits per heavy atom. The number of carbonyl (C=O) groups excluding carboxylic acids is 1. The molecule has 0 bridgehead atoms. The topological polar surface area (TPSA) is 71.3 Å². The zero-order valence-electron chi connectivity index (χ0n) is 18.2. The van der Waals surface area contributed by atoms with E-state index < -0.39 is 5.91 Å². The van der Waals surface area contributed by atoms with Crippen molar-refractivity contribution in [2.24, 2.45) is 0 Å². The van der Waals surface area contributed by atoms with Crippen molar-refractivity contribution < 1.29 is 14.3 Å². The van der Waals surface area contributed by atoms with Crippen LogP contribution >= 0.6 is 27.5 Å².